The summed E-state index contributed by atoms with van der Waals surface area (Å²) in [5.41, 5.74) is 1.71. The number of piperidine rings is 1. The van der Waals surface area contributed by atoms with Gasteiger partial charge in [-0.25, -0.2) is 0 Å². The van der Waals surface area contributed by atoms with E-state index in [9.17, 15) is 14.9 Å². The molecule has 20 heavy (non-hydrogen) atoms. The lowest BCUT2D eigenvalue weighted by atomic mass is 10.0. The number of likely N-dealkylation sites (tertiary alicyclic amines) is 1. The van der Waals surface area contributed by atoms with E-state index in [0.29, 0.717) is 25.1 Å². The van der Waals surface area contributed by atoms with E-state index in [1.807, 2.05) is 6.07 Å². The lowest BCUT2D eigenvalue weighted by molar-refractivity contribution is -0.385. The van der Waals surface area contributed by atoms with Gasteiger partial charge in [-0.15, -0.1) is 0 Å². The number of benzene rings is 1. The molecule has 0 bridgehead atoms. The molecule has 2 rings (SSSR count). The molecule has 0 spiro atoms. The summed E-state index contributed by atoms with van der Waals surface area (Å²) in [5.74, 6) is 0.175. The Kier molecular flexibility index (Phi) is 4.34. The second-order valence-electron chi connectivity index (χ2n) is 5.27. The third kappa shape index (κ3) is 3.33. The van der Waals surface area contributed by atoms with Crippen LogP contribution in [0.15, 0.2) is 18.2 Å². The van der Waals surface area contributed by atoms with Crippen molar-refractivity contribution < 1.29 is 9.72 Å². The Balaban J connectivity index is 1.96. The van der Waals surface area contributed by atoms with Crippen LogP contribution in [0.1, 0.15) is 24.0 Å². The Bertz CT molecular complexity index is 530. The summed E-state index contributed by atoms with van der Waals surface area (Å²) >= 11 is 0. The Morgan fingerprint density at radius 1 is 1.50 bits per heavy atom. The molecular formula is C14H19N3O3. The van der Waals surface area contributed by atoms with Crippen molar-refractivity contribution in [3.8, 4) is 0 Å². The number of amides is 1. The van der Waals surface area contributed by atoms with E-state index in [1.165, 1.54) is 0 Å². The summed E-state index contributed by atoms with van der Waals surface area (Å²) < 4.78 is 0. The van der Waals surface area contributed by atoms with Crippen molar-refractivity contribution in [3.63, 3.8) is 0 Å². The molecule has 6 nitrogen and oxygen atoms in total. The highest BCUT2D eigenvalue weighted by Crippen LogP contribution is 2.19. The minimum Gasteiger partial charge on any atom is -0.344 e. The van der Waals surface area contributed by atoms with Gasteiger partial charge in [0.15, 0.2) is 0 Å². The summed E-state index contributed by atoms with van der Waals surface area (Å²) in [4.78, 5) is 23.7. The second-order valence-corrected chi connectivity index (χ2v) is 5.27. The van der Waals surface area contributed by atoms with E-state index in [2.05, 4.69) is 5.32 Å². The van der Waals surface area contributed by atoms with Crippen molar-refractivity contribution in [3.05, 3.63) is 39.4 Å². The quantitative estimate of drug-likeness (QED) is 0.670. The molecule has 0 aromatic heterocycles. The highest BCUT2D eigenvalue weighted by molar-refractivity contribution is 5.76. The summed E-state index contributed by atoms with van der Waals surface area (Å²) in [6.07, 6.45) is 1.37. The van der Waals surface area contributed by atoms with E-state index in [1.54, 1.807) is 31.0 Å². The van der Waals surface area contributed by atoms with Gasteiger partial charge in [-0.3, -0.25) is 14.9 Å². The molecule has 1 unspecified atom stereocenters. The minimum absolute atomic E-state index is 0.153. The van der Waals surface area contributed by atoms with Gasteiger partial charge in [0.05, 0.1) is 4.92 Å². The molecule has 0 radical (unpaired) electrons. The van der Waals surface area contributed by atoms with Gasteiger partial charge in [0, 0.05) is 44.2 Å². The van der Waals surface area contributed by atoms with Crippen molar-refractivity contribution in [2.75, 3.05) is 13.6 Å². The van der Waals surface area contributed by atoms with Gasteiger partial charge in [0.1, 0.15) is 0 Å². The van der Waals surface area contributed by atoms with Crippen LogP contribution in [0, 0.1) is 17.0 Å². The zero-order valence-corrected chi connectivity index (χ0v) is 11.8. The van der Waals surface area contributed by atoms with Crippen molar-refractivity contribution >= 4 is 11.6 Å². The van der Waals surface area contributed by atoms with Crippen molar-refractivity contribution in [1.82, 2.24) is 10.2 Å². The molecule has 0 aliphatic carbocycles. The number of rotatable bonds is 4. The van der Waals surface area contributed by atoms with E-state index < -0.39 is 0 Å². The number of carbonyl (C=O) groups is 1. The summed E-state index contributed by atoms with van der Waals surface area (Å²) in [5, 5.41) is 14.3. The SMILES string of the molecule is Cc1ccc(CNC2CCC(=O)N(C)C2)cc1[N+](=O)[O-]. The van der Waals surface area contributed by atoms with Gasteiger partial charge in [-0.2, -0.15) is 0 Å². The number of hydrogen-bond acceptors (Lipinski definition) is 4. The van der Waals surface area contributed by atoms with Gasteiger partial charge >= 0.3 is 0 Å². The maximum Gasteiger partial charge on any atom is 0.272 e. The zero-order chi connectivity index (χ0) is 14.7. The second kappa shape index (κ2) is 6.00. The van der Waals surface area contributed by atoms with Crippen molar-refractivity contribution in [2.45, 2.75) is 32.4 Å². The fourth-order valence-corrected chi connectivity index (χ4v) is 2.40. The van der Waals surface area contributed by atoms with E-state index in [4.69, 9.17) is 0 Å². The number of hydrogen-bond donors (Lipinski definition) is 1. The van der Waals surface area contributed by atoms with Crippen LogP contribution in [0.5, 0.6) is 0 Å². The highest BCUT2D eigenvalue weighted by Gasteiger charge is 2.22. The fourth-order valence-electron chi connectivity index (χ4n) is 2.40. The maximum absolute atomic E-state index is 11.4. The molecule has 1 aromatic carbocycles. The number of nitrogens with zero attached hydrogens (tertiary/aromatic N) is 2. The Morgan fingerprint density at radius 2 is 2.25 bits per heavy atom. The number of aryl methyl sites for hydroxylation is 1. The average Bonchev–Trinajstić information content (AvgIpc) is 2.41. The lowest BCUT2D eigenvalue weighted by Crippen LogP contribution is -2.46. The normalized spacial score (nSPS) is 19.2. The summed E-state index contributed by atoms with van der Waals surface area (Å²) in [6.45, 7) is 3.00. The van der Waals surface area contributed by atoms with Crippen LogP contribution in [0.3, 0.4) is 0 Å². The van der Waals surface area contributed by atoms with Crippen LogP contribution in [0.4, 0.5) is 5.69 Å². The molecule has 1 aromatic rings. The molecule has 1 aliphatic rings. The zero-order valence-electron chi connectivity index (χ0n) is 11.8. The number of nitro groups is 1. The molecule has 0 saturated carbocycles. The van der Waals surface area contributed by atoms with Crippen LogP contribution in [0.2, 0.25) is 0 Å². The van der Waals surface area contributed by atoms with Crippen LogP contribution in [-0.2, 0) is 11.3 Å². The van der Waals surface area contributed by atoms with Crippen LogP contribution in [0.25, 0.3) is 0 Å². The first kappa shape index (κ1) is 14.5. The smallest absolute Gasteiger partial charge is 0.272 e. The van der Waals surface area contributed by atoms with Crippen LogP contribution < -0.4 is 5.32 Å². The van der Waals surface area contributed by atoms with Crippen molar-refractivity contribution in [2.24, 2.45) is 0 Å². The van der Waals surface area contributed by atoms with Crippen LogP contribution in [-0.4, -0.2) is 35.4 Å². The number of likely N-dealkylation sites (N-methyl/N-ethyl adjacent to an activating group) is 1. The first-order chi connectivity index (χ1) is 9.47. The van der Waals surface area contributed by atoms with Crippen molar-refractivity contribution in [1.29, 1.82) is 0 Å². The Morgan fingerprint density at radius 3 is 2.90 bits per heavy atom. The standard InChI is InChI=1S/C14H19N3O3/c1-10-3-4-11(7-13(10)17(19)20)8-15-12-5-6-14(18)16(2)9-12/h3-4,7,12,15H,5-6,8-9H2,1-2H3. The Hall–Kier alpha value is -1.95. The largest absolute Gasteiger partial charge is 0.344 e. The molecule has 6 heteroatoms. The molecule has 1 N–H and O–H groups in total. The molecule has 1 saturated heterocycles. The van der Waals surface area contributed by atoms with Gasteiger partial charge in [-0.05, 0) is 18.9 Å². The number of nitro benzene ring substituents is 1. The summed E-state index contributed by atoms with van der Waals surface area (Å²) in [7, 11) is 1.80. The molecule has 1 fully saturated rings. The third-order valence-electron chi connectivity index (χ3n) is 3.69. The minimum atomic E-state index is -0.355. The average molecular weight is 277 g/mol. The molecule has 1 atom stereocenters. The highest BCUT2D eigenvalue weighted by atomic mass is 16.6. The first-order valence-corrected chi connectivity index (χ1v) is 6.68. The molecule has 1 heterocycles. The predicted octanol–water partition coefficient (Wildman–Crippen LogP) is 1.61. The maximum atomic E-state index is 11.4. The van der Waals surface area contributed by atoms with Gasteiger partial charge in [-0.1, -0.05) is 12.1 Å². The monoisotopic (exact) mass is 277 g/mol. The topological polar surface area (TPSA) is 75.5 Å². The molecule has 108 valence electrons. The van der Waals surface area contributed by atoms with Gasteiger partial charge in [0.25, 0.3) is 5.69 Å². The van der Waals surface area contributed by atoms with Gasteiger partial charge in [0.2, 0.25) is 5.91 Å². The van der Waals surface area contributed by atoms with E-state index >= 15 is 0 Å². The van der Waals surface area contributed by atoms with Gasteiger partial charge < -0.3 is 10.2 Å². The predicted molar refractivity (Wildman–Crippen MR) is 75.3 cm³/mol. The first-order valence-electron chi connectivity index (χ1n) is 6.68. The number of nitrogens with one attached hydrogen (secondary N) is 1. The third-order valence-corrected chi connectivity index (χ3v) is 3.69. The molecule has 1 aliphatic heterocycles. The Labute approximate surface area is 117 Å². The lowest BCUT2D eigenvalue weighted by Gasteiger charge is -2.30. The summed E-state index contributed by atoms with van der Waals surface area (Å²) in [6, 6.07) is 5.52. The molecule has 1 amide bonds. The van der Waals surface area contributed by atoms with E-state index in [-0.39, 0.29) is 22.6 Å². The molecular weight excluding hydrogens is 258 g/mol. The van der Waals surface area contributed by atoms with Crippen LogP contribution >= 0.6 is 0 Å². The van der Waals surface area contributed by atoms with E-state index in [0.717, 1.165) is 12.0 Å². The fraction of sp³-hybridized carbons (Fsp3) is 0.500. The number of carbonyl (C=O) groups excluding carboxylic acids is 1.